The molecule has 0 rings (SSSR count). The average molecular weight is 162 g/mol. The monoisotopic (exact) mass is 162 g/mol. The van der Waals surface area contributed by atoms with Crippen molar-refractivity contribution in [2.24, 2.45) is 0 Å². The quantitative estimate of drug-likeness (QED) is 0.461. The number of hydrogen-bond donors (Lipinski definition) is 1. The summed E-state index contributed by atoms with van der Waals surface area (Å²) in [5, 5.41) is 2.49. The van der Waals surface area contributed by atoms with Crippen LogP contribution in [0.3, 0.4) is 0 Å². The van der Waals surface area contributed by atoms with Gasteiger partial charge in [-0.05, 0) is 14.1 Å². The van der Waals surface area contributed by atoms with Crippen LogP contribution in [0.1, 0.15) is 0 Å². The van der Waals surface area contributed by atoms with Crippen LogP contribution in [0.2, 0.25) is 0 Å². The Hall–Kier alpha value is -0.810. The summed E-state index contributed by atoms with van der Waals surface area (Å²) in [6.45, 7) is 1.33. The van der Waals surface area contributed by atoms with Crippen molar-refractivity contribution in [2.75, 3.05) is 34.3 Å². The number of carbonyl (C=O) groups is 1. The Kier molecular flexibility index (Phi) is 5.50. The number of likely N-dealkylation sites (N-methyl/N-ethyl adjacent to an activating group) is 1. The van der Waals surface area contributed by atoms with E-state index in [2.05, 4.69) is 15.1 Å². The van der Waals surface area contributed by atoms with E-state index in [4.69, 9.17) is 0 Å². The van der Waals surface area contributed by atoms with Gasteiger partial charge in [-0.3, -0.25) is 4.89 Å². The van der Waals surface area contributed by atoms with Crippen LogP contribution < -0.4 is 5.32 Å². The van der Waals surface area contributed by atoms with Crippen LogP contribution in [0, 0.1) is 0 Å². The number of rotatable bonds is 4. The van der Waals surface area contributed by atoms with Crippen molar-refractivity contribution in [1.82, 2.24) is 10.2 Å². The van der Waals surface area contributed by atoms with Crippen LogP contribution in [0.15, 0.2) is 0 Å². The molecule has 0 aromatic heterocycles. The first-order valence-corrected chi connectivity index (χ1v) is 3.30. The lowest BCUT2D eigenvalue weighted by Crippen LogP contribution is -2.31. The first-order chi connectivity index (χ1) is 5.16. The van der Waals surface area contributed by atoms with Crippen LogP contribution in [0.5, 0.6) is 0 Å². The SMILES string of the molecule is COOC(=O)NCCN(C)C. The van der Waals surface area contributed by atoms with Crippen molar-refractivity contribution in [1.29, 1.82) is 0 Å². The van der Waals surface area contributed by atoms with Gasteiger partial charge < -0.3 is 10.2 Å². The third-order valence-corrected chi connectivity index (χ3v) is 0.987. The fourth-order valence-electron chi connectivity index (χ4n) is 0.487. The zero-order valence-corrected chi connectivity index (χ0v) is 7.09. The number of hydrogen-bond acceptors (Lipinski definition) is 4. The topological polar surface area (TPSA) is 50.8 Å². The molecule has 5 nitrogen and oxygen atoms in total. The molecule has 11 heavy (non-hydrogen) atoms. The van der Waals surface area contributed by atoms with E-state index >= 15 is 0 Å². The highest BCUT2D eigenvalue weighted by Crippen LogP contribution is 1.76. The average Bonchev–Trinajstić information content (AvgIpc) is 1.87. The van der Waals surface area contributed by atoms with E-state index in [1.807, 2.05) is 19.0 Å². The van der Waals surface area contributed by atoms with Crippen molar-refractivity contribution < 1.29 is 14.6 Å². The Morgan fingerprint density at radius 2 is 2.18 bits per heavy atom. The highest BCUT2D eigenvalue weighted by Gasteiger charge is 1.99. The van der Waals surface area contributed by atoms with Crippen LogP contribution in [0.4, 0.5) is 4.79 Å². The summed E-state index contributed by atoms with van der Waals surface area (Å²) in [6.07, 6.45) is -0.561. The molecule has 0 heterocycles. The second kappa shape index (κ2) is 5.94. The molecule has 0 saturated carbocycles. The van der Waals surface area contributed by atoms with Gasteiger partial charge in [-0.1, -0.05) is 0 Å². The first-order valence-electron chi connectivity index (χ1n) is 3.30. The molecule has 0 saturated heterocycles. The molecule has 0 unspecified atom stereocenters. The van der Waals surface area contributed by atoms with Crippen LogP contribution in [-0.2, 0) is 9.78 Å². The van der Waals surface area contributed by atoms with Gasteiger partial charge in [-0.15, -0.1) is 0 Å². The molecule has 66 valence electrons. The molecular formula is C6H14N2O3. The smallest absolute Gasteiger partial charge is 0.318 e. The van der Waals surface area contributed by atoms with Gasteiger partial charge in [0.25, 0.3) is 0 Å². The summed E-state index contributed by atoms with van der Waals surface area (Å²) < 4.78 is 0. The Bertz CT molecular complexity index is 116. The van der Waals surface area contributed by atoms with E-state index in [1.165, 1.54) is 7.11 Å². The number of nitrogens with zero attached hydrogens (tertiary/aromatic N) is 1. The summed E-state index contributed by atoms with van der Waals surface area (Å²) >= 11 is 0. The molecule has 1 amide bonds. The largest absolute Gasteiger partial charge is 0.438 e. The maximum atomic E-state index is 10.5. The van der Waals surface area contributed by atoms with Gasteiger partial charge in [0, 0.05) is 13.1 Å². The summed E-state index contributed by atoms with van der Waals surface area (Å²) in [7, 11) is 5.12. The van der Waals surface area contributed by atoms with Gasteiger partial charge in [0.2, 0.25) is 0 Å². The molecule has 0 aromatic rings. The predicted molar refractivity (Wildman–Crippen MR) is 40.0 cm³/mol. The number of amides is 1. The highest BCUT2D eigenvalue weighted by molar-refractivity contribution is 5.66. The van der Waals surface area contributed by atoms with Gasteiger partial charge >= 0.3 is 6.09 Å². The third kappa shape index (κ3) is 7.08. The zero-order valence-electron chi connectivity index (χ0n) is 7.09. The van der Waals surface area contributed by atoms with Gasteiger partial charge in [-0.2, -0.15) is 4.89 Å². The fourth-order valence-corrected chi connectivity index (χ4v) is 0.487. The van der Waals surface area contributed by atoms with Crippen LogP contribution >= 0.6 is 0 Å². The lowest BCUT2D eigenvalue weighted by molar-refractivity contribution is -0.212. The summed E-state index contributed by atoms with van der Waals surface area (Å²) in [5.74, 6) is 0. The van der Waals surface area contributed by atoms with E-state index in [9.17, 15) is 4.79 Å². The molecular weight excluding hydrogens is 148 g/mol. The molecule has 0 fully saturated rings. The molecule has 5 heteroatoms. The van der Waals surface area contributed by atoms with Gasteiger partial charge in [0.15, 0.2) is 0 Å². The van der Waals surface area contributed by atoms with Crippen molar-refractivity contribution in [3.05, 3.63) is 0 Å². The van der Waals surface area contributed by atoms with E-state index in [0.717, 1.165) is 6.54 Å². The van der Waals surface area contributed by atoms with Gasteiger partial charge in [-0.25, -0.2) is 4.79 Å². The molecule has 1 N–H and O–H groups in total. The zero-order chi connectivity index (χ0) is 8.69. The molecule has 0 aliphatic carbocycles. The summed E-state index contributed by atoms with van der Waals surface area (Å²) in [6, 6.07) is 0. The van der Waals surface area contributed by atoms with Crippen LogP contribution in [0.25, 0.3) is 0 Å². The maximum absolute atomic E-state index is 10.5. The lowest BCUT2D eigenvalue weighted by Gasteiger charge is -2.08. The second-order valence-corrected chi connectivity index (χ2v) is 2.27. The fraction of sp³-hybridized carbons (Fsp3) is 0.833. The Balaban J connectivity index is 3.17. The number of carbonyl (C=O) groups excluding carboxylic acids is 1. The van der Waals surface area contributed by atoms with Crippen molar-refractivity contribution >= 4 is 6.09 Å². The van der Waals surface area contributed by atoms with E-state index in [-0.39, 0.29) is 0 Å². The van der Waals surface area contributed by atoms with Crippen molar-refractivity contribution in [3.8, 4) is 0 Å². The minimum absolute atomic E-state index is 0.551. The molecule has 0 aliphatic rings. The Morgan fingerprint density at radius 1 is 1.55 bits per heavy atom. The van der Waals surface area contributed by atoms with Crippen molar-refractivity contribution in [3.63, 3.8) is 0 Å². The third-order valence-electron chi connectivity index (χ3n) is 0.987. The minimum atomic E-state index is -0.561. The van der Waals surface area contributed by atoms with E-state index in [0.29, 0.717) is 6.54 Å². The Morgan fingerprint density at radius 3 is 2.64 bits per heavy atom. The van der Waals surface area contributed by atoms with Crippen LogP contribution in [-0.4, -0.2) is 45.3 Å². The van der Waals surface area contributed by atoms with E-state index in [1.54, 1.807) is 0 Å². The molecule has 0 aromatic carbocycles. The highest BCUT2D eigenvalue weighted by atomic mass is 17.2. The Labute approximate surface area is 66.2 Å². The summed E-state index contributed by atoms with van der Waals surface area (Å²) in [4.78, 5) is 20.8. The van der Waals surface area contributed by atoms with Gasteiger partial charge in [0.05, 0.1) is 7.11 Å². The number of nitrogens with one attached hydrogen (secondary N) is 1. The van der Waals surface area contributed by atoms with E-state index < -0.39 is 6.09 Å². The molecule has 0 bridgehead atoms. The van der Waals surface area contributed by atoms with Crippen molar-refractivity contribution in [2.45, 2.75) is 0 Å². The maximum Gasteiger partial charge on any atom is 0.438 e. The molecule has 0 atom stereocenters. The predicted octanol–water partition coefficient (Wildman–Crippen LogP) is -0.164. The molecule has 0 radical (unpaired) electrons. The standard InChI is InChI=1S/C6H14N2O3/c1-8(2)5-4-7-6(9)11-10-3/h4-5H2,1-3H3,(H,7,9). The summed E-state index contributed by atoms with van der Waals surface area (Å²) in [5.41, 5.74) is 0. The molecule has 0 aliphatic heterocycles. The molecule has 0 spiro atoms. The second-order valence-electron chi connectivity index (χ2n) is 2.27. The minimum Gasteiger partial charge on any atom is -0.318 e. The normalized spacial score (nSPS) is 9.82. The lowest BCUT2D eigenvalue weighted by atomic mass is 10.6. The first kappa shape index (κ1) is 10.2. The van der Waals surface area contributed by atoms with Gasteiger partial charge in [0.1, 0.15) is 0 Å².